The SMILES string of the molecule is C[C@@H]1COCCN1c1nc2n(c(=O)c1F)CC[C@@H](C(F)(F)F)N2CC(F)N1CC2(CCO2)C1. The minimum absolute atomic E-state index is 0.234. The zero-order chi connectivity index (χ0) is 23.5. The van der Waals surface area contributed by atoms with Crippen LogP contribution in [0.3, 0.4) is 0 Å². The molecular weight excluding hydrogens is 453 g/mol. The fraction of sp³-hybridized carbons (Fsp3) is 0.800. The number of rotatable bonds is 4. The standard InChI is InChI=1S/C20H26F5N5O3/c1-12-9-32-7-5-28(12)16-15(22)17(31)29-4-2-13(20(23,24)25)30(18(29)26-16)8-14(21)27-10-19(11-27)3-6-33-19/h12-14H,2-11H2,1H3/t12-,13+,14?/m1/s1. The van der Waals surface area contributed by atoms with E-state index in [0.717, 1.165) is 15.9 Å². The predicted molar refractivity (Wildman–Crippen MR) is 108 cm³/mol. The second-order valence-electron chi connectivity index (χ2n) is 9.24. The summed E-state index contributed by atoms with van der Waals surface area (Å²) in [6.07, 6.45) is -6.09. The maximum Gasteiger partial charge on any atom is 0.408 e. The Morgan fingerprint density at radius 1 is 1.24 bits per heavy atom. The first-order valence-electron chi connectivity index (χ1n) is 11.1. The van der Waals surface area contributed by atoms with Crippen LogP contribution in [-0.4, -0.2) is 90.6 Å². The lowest BCUT2D eigenvalue weighted by atomic mass is 9.86. The molecular formula is C20H26F5N5O3. The smallest absolute Gasteiger partial charge is 0.377 e. The van der Waals surface area contributed by atoms with Crippen LogP contribution in [0, 0.1) is 5.82 Å². The normalized spacial score (nSPS) is 28.3. The largest absolute Gasteiger partial charge is 0.408 e. The zero-order valence-electron chi connectivity index (χ0n) is 18.2. The Labute approximate surface area is 186 Å². The molecule has 3 fully saturated rings. The summed E-state index contributed by atoms with van der Waals surface area (Å²) in [5.41, 5.74) is -1.44. The Morgan fingerprint density at radius 2 is 1.97 bits per heavy atom. The monoisotopic (exact) mass is 479 g/mol. The van der Waals surface area contributed by atoms with E-state index in [4.69, 9.17) is 9.47 Å². The quantitative estimate of drug-likeness (QED) is 0.480. The van der Waals surface area contributed by atoms with Crippen LogP contribution in [0.2, 0.25) is 0 Å². The fourth-order valence-corrected chi connectivity index (χ4v) is 5.07. The van der Waals surface area contributed by atoms with E-state index in [-0.39, 0.29) is 49.7 Å². The molecule has 3 saturated heterocycles. The Morgan fingerprint density at radius 3 is 2.58 bits per heavy atom. The molecule has 0 radical (unpaired) electrons. The number of morpholine rings is 1. The topological polar surface area (TPSA) is 63.1 Å². The summed E-state index contributed by atoms with van der Waals surface area (Å²) in [5, 5.41) is 0. The average molecular weight is 479 g/mol. The number of fused-ring (bicyclic) bond motifs is 1. The van der Waals surface area contributed by atoms with Gasteiger partial charge in [-0.3, -0.25) is 14.3 Å². The molecule has 0 aliphatic carbocycles. The first-order chi connectivity index (χ1) is 15.6. The number of anilines is 2. The van der Waals surface area contributed by atoms with Gasteiger partial charge < -0.3 is 19.3 Å². The van der Waals surface area contributed by atoms with Gasteiger partial charge in [-0.05, 0) is 13.3 Å². The second-order valence-corrected chi connectivity index (χ2v) is 9.24. The highest BCUT2D eigenvalue weighted by molar-refractivity contribution is 5.49. The molecule has 5 heterocycles. The zero-order valence-corrected chi connectivity index (χ0v) is 18.2. The Hall–Kier alpha value is -1.99. The van der Waals surface area contributed by atoms with Crippen LogP contribution in [0.4, 0.5) is 33.7 Å². The van der Waals surface area contributed by atoms with E-state index in [1.54, 1.807) is 6.92 Å². The van der Waals surface area contributed by atoms with Gasteiger partial charge in [0, 0.05) is 32.6 Å². The van der Waals surface area contributed by atoms with Gasteiger partial charge in [0.15, 0.2) is 12.1 Å². The molecule has 4 aliphatic heterocycles. The molecule has 1 aromatic heterocycles. The van der Waals surface area contributed by atoms with Gasteiger partial charge >= 0.3 is 6.18 Å². The van der Waals surface area contributed by atoms with E-state index in [1.807, 2.05) is 0 Å². The van der Waals surface area contributed by atoms with Gasteiger partial charge in [0.05, 0.1) is 38.0 Å². The number of likely N-dealkylation sites (tertiary alicyclic amines) is 1. The number of alkyl halides is 4. The molecule has 13 heteroatoms. The molecule has 1 aromatic rings. The third-order valence-corrected chi connectivity index (χ3v) is 7.05. The Kier molecular flexibility index (Phi) is 5.56. The van der Waals surface area contributed by atoms with Gasteiger partial charge in [-0.15, -0.1) is 0 Å². The lowest BCUT2D eigenvalue weighted by Crippen LogP contribution is -2.71. The molecule has 5 rings (SSSR count). The molecule has 33 heavy (non-hydrogen) atoms. The van der Waals surface area contributed by atoms with Gasteiger partial charge in [0.25, 0.3) is 5.56 Å². The van der Waals surface area contributed by atoms with E-state index in [2.05, 4.69) is 4.98 Å². The lowest BCUT2D eigenvalue weighted by molar-refractivity contribution is -0.239. The number of hydrogen-bond acceptors (Lipinski definition) is 7. The highest BCUT2D eigenvalue weighted by Gasteiger charge is 2.53. The van der Waals surface area contributed by atoms with Crippen LogP contribution in [0.15, 0.2) is 4.79 Å². The van der Waals surface area contributed by atoms with E-state index in [0.29, 0.717) is 19.7 Å². The number of ether oxygens (including phenoxy) is 2. The molecule has 4 aliphatic rings. The molecule has 0 amide bonds. The first kappa shape index (κ1) is 22.8. The summed E-state index contributed by atoms with van der Waals surface area (Å²) in [7, 11) is 0. The van der Waals surface area contributed by atoms with Crippen molar-refractivity contribution in [3.63, 3.8) is 0 Å². The fourth-order valence-electron chi connectivity index (χ4n) is 5.07. The third kappa shape index (κ3) is 3.87. The number of halogens is 5. The van der Waals surface area contributed by atoms with Crippen molar-refractivity contribution in [1.29, 1.82) is 0 Å². The van der Waals surface area contributed by atoms with E-state index in [9.17, 15) is 22.4 Å². The summed E-state index contributed by atoms with van der Waals surface area (Å²) in [4.78, 5) is 20.6. The van der Waals surface area contributed by atoms with Crippen LogP contribution < -0.4 is 15.4 Å². The number of aromatic nitrogens is 2. The van der Waals surface area contributed by atoms with Crippen molar-refractivity contribution in [2.24, 2.45) is 0 Å². The molecule has 1 unspecified atom stereocenters. The molecule has 0 saturated carbocycles. The van der Waals surface area contributed by atoms with Gasteiger partial charge in [-0.2, -0.15) is 22.5 Å². The number of nitrogens with zero attached hydrogens (tertiary/aromatic N) is 5. The maximum atomic E-state index is 15.1. The van der Waals surface area contributed by atoms with Crippen molar-refractivity contribution in [2.75, 3.05) is 55.8 Å². The van der Waals surface area contributed by atoms with Crippen molar-refractivity contribution in [2.45, 2.75) is 56.5 Å². The van der Waals surface area contributed by atoms with E-state index < -0.39 is 42.9 Å². The van der Waals surface area contributed by atoms with Crippen molar-refractivity contribution >= 4 is 11.8 Å². The van der Waals surface area contributed by atoms with Crippen LogP contribution in [0.1, 0.15) is 19.8 Å². The van der Waals surface area contributed by atoms with Crippen LogP contribution in [0.25, 0.3) is 0 Å². The van der Waals surface area contributed by atoms with Crippen molar-refractivity contribution in [3.8, 4) is 0 Å². The number of hydrogen-bond donors (Lipinski definition) is 0. The molecule has 8 nitrogen and oxygen atoms in total. The summed E-state index contributed by atoms with van der Waals surface area (Å²) in [6.45, 7) is 2.72. The average Bonchev–Trinajstić information content (AvgIpc) is 2.68. The van der Waals surface area contributed by atoms with Crippen molar-refractivity contribution in [1.82, 2.24) is 14.5 Å². The lowest BCUT2D eigenvalue weighted by Gasteiger charge is -2.56. The summed E-state index contributed by atoms with van der Waals surface area (Å²) in [6, 6.07) is -2.36. The highest BCUT2D eigenvalue weighted by atomic mass is 19.4. The van der Waals surface area contributed by atoms with Gasteiger partial charge in [0.2, 0.25) is 11.8 Å². The molecule has 0 N–H and O–H groups in total. The minimum Gasteiger partial charge on any atom is -0.377 e. The van der Waals surface area contributed by atoms with Crippen molar-refractivity contribution in [3.05, 3.63) is 16.2 Å². The van der Waals surface area contributed by atoms with Crippen LogP contribution in [-0.2, 0) is 16.0 Å². The van der Waals surface area contributed by atoms with Gasteiger partial charge in [-0.25, -0.2) is 4.39 Å². The van der Waals surface area contributed by atoms with Gasteiger partial charge in [-0.1, -0.05) is 0 Å². The molecule has 0 bridgehead atoms. The molecule has 184 valence electrons. The Bertz CT molecular complexity index is 961. The third-order valence-electron chi connectivity index (χ3n) is 7.05. The summed E-state index contributed by atoms with van der Waals surface area (Å²) >= 11 is 0. The first-order valence-corrected chi connectivity index (χ1v) is 11.1. The second kappa shape index (κ2) is 8.05. The summed E-state index contributed by atoms with van der Waals surface area (Å²) < 4.78 is 83.5. The van der Waals surface area contributed by atoms with Crippen LogP contribution in [0.5, 0.6) is 0 Å². The molecule has 1 spiro atoms. The Balaban J connectivity index is 1.49. The maximum absolute atomic E-state index is 15.1. The predicted octanol–water partition coefficient (Wildman–Crippen LogP) is 1.52. The minimum atomic E-state index is -4.67. The summed E-state index contributed by atoms with van der Waals surface area (Å²) in [5.74, 6) is -1.81. The van der Waals surface area contributed by atoms with Gasteiger partial charge in [0.1, 0.15) is 6.04 Å². The molecule has 3 atom stereocenters. The van der Waals surface area contributed by atoms with E-state index >= 15 is 4.39 Å². The molecule has 0 aromatic carbocycles. The van der Waals surface area contributed by atoms with Crippen LogP contribution >= 0.6 is 0 Å². The van der Waals surface area contributed by atoms with Crippen molar-refractivity contribution < 1.29 is 31.4 Å². The van der Waals surface area contributed by atoms with E-state index in [1.165, 1.54) is 9.80 Å². The highest BCUT2D eigenvalue weighted by Crippen LogP contribution is 2.39.